The van der Waals surface area contributed by atoms with Crippen molar-refractivity contribution in [1.29, 1.82) is 0 Å². The lowest BCUT2D eigenvalue weighted by Crippen LogP contribution is -2.44. The maximum absolute atomic E-state index is 14.3. The van der Waals surface area contributed by atoms with Crippen molar-refractivity contribution in [3.05, 3.63) is 58.9 Å². The van der Waals surface area contributed by atoms with Crippen molar-refractivity contribution in [3.8, 4) is 0 Å². The summed E-state index contributed by atoms with van der Waals surface area (Å²) in [6.07, 6.45) is 17.0. The van der Waals surface area contributed by atoms with Crippen molar-refractivity contribution in [2.45, 2.75) is 123 Å². The van der Waals surface area contributed by atoms with Gasteiger partial charge in [0.15, 0.2) is 0 Å². The lowest BCUT2D eigenvalue weighted by molar-refractivity contribution is 0.0333. The Bertz CT molecular complexity index is 926. The van der Waals surface area contributed by atoms with Crippen LogP contribution in [0.5, 0.6) is 0 Å². The van der Waals surface area contributed by atoms with Crippen LogP contribution in [0.2, 0.25) is 0 Å². The Balaban J connectivity index is 1.53. The van der Waals surface area contributed by atoms with Gasteiger partial charge in [-0.1, -0.05) is 88.8 Å². The summed E-state index contributed by atoms with van der Waals surface area (Å²) in [5.41, 5.74) is 3.10. The summed E-state index contributed by atoms with van der Waals surface area (Å²) < 4.78 is 20.7. The number of benzene rings is 1. The number of hydrogen-bond donors (Lipinski definition) is 1. The van der Waals surface area contributed by atoms with E-state index in [9.17, 15) is 4.39 Å². The van der Waals surface area contributed by atoms with Crippen molar-refractivity contribution < 1.29 is 9.13 Å². The first-order valence-corrected chi connectivity index (χ1v) is 14.8. The standard InChI is InChI=1S/C33H51FN2O/c1-7-12-28(14-9-8-13-26-17-18-26)29-21-19-27(20-22-29)23-24(2)33(4,5)37-32(35-6)36-25(3)30-15-10-11-16-31(30)34/h10,15,19-22,24-26,28H,7-9,11-14,16-18,23H2,1-6H3,(H,35,36)/t24?,25-,28?/m0/s1. The quantitative estimate of drug-likeness (QED) is 0.154. The normalized spacial score (nSPS) is 19.1. The molecule has 0 heterocycles. The van der Waals surface area contributed by atoms with E-state index in [4.69, 9.17) is 4.74 Å². The molecule has 1 fully saturated rings. The van der Waals surface area contributed by atoms with Gasteiger partial charge in [0.1, 0.15) is 11.4 Å². The van der Waals surface area contributed by atoms with Gasteiger partial charge in [-0.3, -0.25) is 0 Å². The molecular formula is C33H51FN2O. The van der Waals surface area contributed by atoms with E-state index in [0.29, 0.717) is 23.9 Å². The van der Waals surface area contributed by atoms with Gasteiger partial charge < -0.3 is 10.1 Å². The van der Waals surface area contributed by atoms with Gasteiger partial charge in [-0.05, 0) is 75.3 Å². The first-order valence-electron chi connectivity index (χ1n) is 14.8. The molecule has 3 atom stereocenters. The van der Waals surface area contributed by atoms with Gasteiger partial charge in [-0.2, -0.15) is 0 Å². The average molecular weight is 511 g/mol. The molecule has 2 unspecified atom stereocenters. The third-order valence-electron chi connectivity index (χ3n) is 8.44. The summed E-state index contributed by atoms with van der Waals surface area (Å²) >= 11 is 0. The fourth-order valence-corrected chi connectivity index (χ4v) is 5.37. The van der Waals surface area contributed by atoms with Crippen molar-refractivity contribution in [2.24, 2.45) is 16.8 Å². The highest BCUT2D eigenvalue weighted by Gasteiger charge is 2.30. The van der Waals surface area contributed by atoms with E-state index in [-0.39, 0.29) is 17.8 Å². The van der Waals surface area contributed by atoms with Gasteiger partial charge in [-0.25, -0.2) is 9.38 Å². The Morgan fingerprint density at radius 3 is 2.49 bits per heavy atom. The summed E-state index contributed by atoms with van der Waals surface area (Å²) in [7, 11) is 1.72. The van der Waals surface area contributed by atoms with Crippen LogP contribution in [0.3, 0.4) is 0 Å². The van der Waals surface area contributed by atoms with Crippen LogP contribution in [0.1, 0.15) is 116 Å². The van der Waals surface area contributed by atoms with Crippen LogP contribution in [0, 0.1) is 11.8 Å². The summed E-state index contributed by atoms with van der Waals surface area (Å²) in [5.74, 6) is 1.96. The first kappa shape index (κ1) is 29.5. The molecule has 4 heteroatoms. The fraction of sp³-hybridized carbons (Fsp3) is 0.667. The van der Waals surface area contributed by atoms with E-state index >= 15 is 0 Å². The second-order valence-electron chi connectivity index (χ2n) is 12.0. The number of halogens is 1. The number of nitrogens with zero attached hydrogens (tertiary/aromatic N) is 1. The molecule has 37 heavy (non-hydrogen) atoms. The molecule has 3 nitrogen and oxygen atoms in total. The smallest absolute Gasteiger partial charge is 0.285 e. The minimum absolute atomic E-state index is 0.0477. The van der Waals surface area contributed by atoms with Crippen LogP contribution in [0.15, 0.2) is 52.8 Å². The number of amidine groups is 1. The largest absolute Gasteiger partial charge is 0.459 e. The van der Waals surface area contributed by atoms with E-state index < -0.39 is 5.60 Å². The Morgan fingerprint density at radius 2 is 1.86 bits per heavy atom. The molecule has 0 saturated heterocycles. The molecule has 0 spiro atoms. The van der Waals surface area contributed by atoms with Crippen LogP contribution in [0.25, 0.3) is 0 Å². The molecular weight excluding hydrogens is 459 g/mol. The third-order valence-corrected chi connectivity index (χ3v) is 8.44. The highest BCUT2D eigenvalue weighted by Crippen LogP contribution is 2.35. The SMILES string of the molecule is CCCC(CCCCC1CC1)c1ccc(CC(C)C(C)(C)OC(=NC)N[C@@H](C)C2=C(F)CCC=C2)cc1. The van der Waals surface area contributed by atoms with Gasteiger partial charge in [0.05, 0.1) is 6.04 Å². The minimum Gasteiger partial charge on any atom is -0.459 e. The van der Waals surface area contributed by atoms with Gasteiger partial charge in [0.2, 0.25) is 0 Å². The number of nitrogens with one attached hydrogen (secondary N) is 1. The predicted molar refractivity (Wildman–Crippen MR) is 156 cm³/mol. The zero-order chi connectivity index (χ0) is 26.8. The van der Waals surface area contributed by atoms with E-state index in [2.05, 4.69) is 62.3 Å². The van der Waals surface area contributed by atoms with Gasteiger partial charge in [0, 0.05) is 19.0 Å². The molecule has 1 saturated carbocycles. The number of unbranched alkanes of at least 4 members (excludes halogenated alkanes) is 1. The Morgan fingerprint density at radius 1 is 1.14 bits per heavy atom. The van der Waals surface area contributed by atoms with Crippen LogP contribution in [-0.4, -0.2) is 24.7 Å². The van der Waals surface area contributed by atoms with Crippen LogP contribution < -0.4 is 5.32 Å². The number of allylic oxidation sites excluding steroid dienone is 2. The molecule has 0 radical (unpaired) electrons. The van der Waals surface area contributed by atoms with E-state index in [0.717, 1.165) is 18.8 Å². The summed E-state index contributed by atoms with van der Waals surface area (Å²) in [4.78, 5) is 4.33. The number of rotatable bonds is 14. The van der Waals surface area contributed by atoms with Gasteiger partial charge in [0.25, 0.3) is 6.02 Å². The molecule has 0 aliphatic heterocycles. The molecule has 1 N–H and O–H groups in total. The topological polar surface area (TPSA) is 33.6 Å². The fourth-order valence-electron chi connectivity index (χ4n) is 5.37. The average Bonchev–Trinajstić information content (AvgIpc) is 3.70. The predicted octanol–water partition coefficient (Wildman–Crippen LogP) is 9.05. The van der Waals surface area contributed by atoms with Crippen molar-refractivity contribution in [1.82, 2.24) is 5.32 Å². The Labute approximate surface area is 226 Å². The van der Waals surface area contributed by atoms with Crippen molar-refractivity contribution in [3.63, 3.8) is 0 Å². The van der Waals surface area contributed by atoms with Crippen LogP contribution in [-0.2, 0) is 11.2 Å². The summed E-state index contributed by atoms with van der Waals surface area (Å²) in [5, 5.41) is 3.28. The monoisotopic (exact) mass is 510 g/mol. The molecule has 0 bridgehead atoms. The summed E-state index contributed by atoms with van der Waals surface area (Å²) in [6, 6.07) is 9.61. The molecule has 0 amide bonds. The maximum Gasteiger partial charge on any atom is 0.285 e. The van der Waals surface area contributed by atoms with Crippen molar-refractivity contribution >= 4 is 6.02 Å². The highest BCUT2D eigenvalue weighted by molar-refractivity contribution is 5.74. The van der Waals surface area contributed by atoms with E-state index in [1.54, 1.807) is 7.05 Å². The number of hydrogen-bond acceptors (Lipinski definition) is 2. The molecule has 206 valence electrons. The molecule has 2 aliphatic carbocycles. The highest BCUT2D eigenvalue weighted by atomic mass is 19.1. The molecule has 3 rings (SSSR count). The summed E-state index contributed by atoms with van der Waals surface area (Å²) in [6.45, 7) is 10.7. The number of ether oxygens (including phenoxy) is 1. The van der Waals surface area contributed by atoms with Crippen LogP contribution >= 0.6 is 0 Å². The number of aliphatic imine (C=N–C) groups is 1. The Kier molecular flexibility index (Phi) is 11.3. The van der Waals surface area contributed by atoms with Crippen molar-refractivity contribution in [2.75, 3.05) is 7.05 Å². The second kappa shape index (κ2) is 14.2. The van der Waals surface area contributed by atoms with Gasteiger partial charge >= 0.3 is 0 Å². The molecule has 2 aliphatic rings. The lowest BCUT2D eigenvalue weighted by atomic mass is 9.85. The maximum atomic E-state index is 14.3. The zero-order valence-corrected chi connectivity index (χ0v) is 24.3. The molecule has 0 aromatic heterocycles. The van der Waals surface area contributed by atoms with E-state index in [1.165, 1.54) is 62.5 Å². The Hall–Kier alpha value is -2.10. The van der Waals surface area contributed by atoms with Crippen LogP contribution in [0.4, 0.5) is 4.39 Å². The zero-order valence-electron chi connectivity index (χ0n) is 24.3. The van der Waals surface area contributed by atoms with Gasteiger partial charge in [-0.15, -0.1) is 0 Å². The molecule has 1 aromatic carbocycles. The second-order valence-corrected chi connectivity index (χ2v) is 12.0. The van der Waals surface area contributed by atoms with E-state index in [1.807, 2.05) is 19.1 Å². The lowest BCUT2D eigenvalue weighted by Gasteiger charge is -2.34. The minimum atomic E-state index is -0.429. The first-order chi connectivity index (χ1) is 17.7. The third kappa shape index (κ3) is 9.30. The molecule has 1 aromatic rings.